The zero-order valence-electron chi connectivity index (χ0n) is 12.0. The Balaban J connectivity index is 2.99. The first-order valence-corrected chi connectivity index (χ1v) is 6.56. The molecule has 0 radical (unpaired) electrons. The average Bonchev–Trinajstić information content (AvgIpc) is 2.43. The lowest BCUT2D eigenvalue weighted by Gasteiger charge is -2.27. The van der Waals surface area contributed by atoms with Gasteiger partial charge in [-0.25, -0.2) is 5.43 Å². The van der Waals surface area contributed by atoms with E-state index in [0.29, 0.717) is 5.43 Å². The maximum Gasteiger partial charge on any atom is 0.462 e. The van der Waals surface area contributed by atoms with Crippen LogP contribution in [0.2, 0.25) is 5.02 Å². The van der Waals surface area contributed by atoms with Crippen LogP contribution in [-0.2, 0) is 0 Å². The van der Waals surface area contributed by atoms with Crippen LogP contribution in [0.15, 0.2) is 23.3 Å². The lowest BCUT2D eigenvalue weighted by atomic mass is 10.2. The Morgan fingerprint density at radius 3 is 2.08 bits per heavy atom. The van der Waals surface area contributed by atoms with Crippen LogP contribution in [0.1, 0.15) is 5.56 Å². The number of nitrogens with zero attached hydrogens (tertiary/aromatic N) is 1. The minimum Gasteiger partial charge on any atom is -0.483 e. The lowest BCUT2D eigenvalue weighted by Crippen LogP contribution is -2.58. The molecule has 0 amide bonds. The van der Waals surface area contributed by atoms with E-state index in [2.05, 4.69) is 9.84 Å². The Morgan fingerprint density at radius 1 is 1.00 bits per heavy atom. The number of rotatable bonds is 6. The summed E-state index contributed by atoms with van der Waals surface area (Å²) in [4.78, 5) is 0. The molecule has 0 aliphatic rings. The second kappa shape index (κ2) is 7.37. The van der Waals surface area contributed by atoms with Crippen LogP contribution in [0.25, 0.3) is 0 Å². The number of hydrogen-bond acceptors (Lipinski definition) is 3. The molecule has 3 nitrogen and oxygen atoms in total. The molecule has 0 spiro atoms. The van der Waals surface area contributed by atoms with Crippen molar-refractivity contribution in [3.63, 3.8) is 0 Å². The number of alkyl halides is 10. The summed E-state index contributed by atoms with van der Waals surface area (Å²) in [5.41, 5.74) is -0.167. The highest BCUT2D eigenvalue weighted by atomic mass is 35.5. The maximum absolute atomic E-state index is 13.0. The fourth-order valence-corrected chi connectivity index (χ4v) is 1.52. The van der Waals surface area contributed by atoms with Gasteiger partial charge in [0.15, 0.2) is 6.61 Å². The van der Waals surface area contributed by atoms with Crippen LogP contribution in [0.4, 0.5) is 43.9 Å². The number of hydrogen-bond donors (Lipinski definition) is 1. The Bertz CT molecular complexity index is 656. The molecule has 1 aromatic rings. The van der Waals surface area contributed by atoms with Crippen LogP contribution in [0, 0.1) is 0 Å². The third-order valence-electron chi connectivity index (χ3n) is 2.52. The first kappa shape index (κ1) is 22.1. The Kier molecular flexibility index (Phi) is 6.27. The summed E-state index contributed by atoms with van der Waals surface area (Å²) in [5, 5.41) is 2.39. The quantitative estimate of drug-likeness (QED) is 0.304. The van der Waals surface area contributed by atoms with Gasteiger partial charge in [-0.05, 0) is 18.2 Å². The predicted molar refractivity (Wildman–Crippen MR) is 69.7 cm³/mol. The van der Waals surface area contributed by atoms with E-state index >= 15 is 0 Å². The molecular weight excluding hydrogens is 414 g/mol. The van der Waals surface area contributed by atoms with Gasteiger partial charge >= 0.3 is 24.3 Å². The van der Waals surface area contributed by atoms with Crippen molar-refractivity contribution in [3.05, 3.63) is 28.8 Å². The standard InChI is InChI=1S/C12H7ClF10N2O/c13-7-1-2-8(26-5-9(14,15)16)6(3-7)4-24-25-12(22,23)10(17,18)11(19,20)21/h1-4,25H,5H2/b24-4-. The number of benzene rings is 1. The molecule has 1 aromatic carbocycles. The molecule has 0 atom stereocenters. The summed E-state index contributed by atoms with van der Waals surface area (Å²) in [6, 6.07) is -3.02. The molecule has 0 aromatic heterocycles. The van der Waals surface area contributed by atoms with Crippen LogP contribution in [-0.4, -0.2) is 37.1 Å². The normalized spacial score (nSPS) is 14.0. The summed E-state index contributed by atoms with van der Waals surface area (Å²) in [7, 11) is 0. The Labute approximate surface area is 143 Å². The van der Waals surface area contributed by atoms with Crippen LogP contribution in [0.5, 0.6) is 5.75 Å². The van der Waals surface area contributed by atoms with Crippen molar-refractivity contribution >= 4 is 17.8 Å². The van der Waals surface area contributed by atoms with E-state index < -0.39 is 42.2 Å². The van der Waals surface area contributed by atoms with E-state index in [0.717, 1.165) is 18.2 Å². The van der Waals surface area contributed by atoms with Crippen molar-refractivity contribution < 1.29 is 48.6 Å². The van der Waals surface area contributed by atoms with E-state index in [1.54, 1.807) is 0 Å². The van der Waals surface area contributed by atoms with Crippen molar-refractivity contribution in [1.29, 1.82) is 0 Å². The van der Waals surface area contributed by atoms with Crippen molar-refractivity contribution in [2.45, 2.75) is 24.3 Å². The molecule has 1 rings (SSSR count). The summed E-state index contributed by atoms with van der Waals surface area (Å²) < 4.78 is 128. The molecule has 1 N–H and O–H groups in total. The van der Waals surface area contributed by atoms with Crippen LogP contribution < -0.4 is 10.2 Å². The third-order valence-corrected chi connectivity index (χ3v) is 2.76. The number of hydrazone groups is 1. The molecule has 26 heavy (non-hydrogen) atoms. The van der Waals surface area contributed by atoms with E-state index in [4.69, 9.17) is 11.6 Å². The van der Waals surface area contributed by atoms with Crippen LogP contribution in [0.3, 0.4) is 0 Å². The highest BCUT2D eigenvalue weighted by molar-refractivity contribution is 6.30. The number of ether oxygens (including phenoxy) is 1. The molecule has 0 heterocycles. The molecule has 0 aliphatic heterocycles. The highest BCUT2D eigenvalue weighted by Gasteiger charge is 2.73. The fourth-order valence-electron chi connectivity index (χ4n) is 1.34. The van der Waals surface area contributed by atoms with Crippen molar-refractivity contribution in [3.8, 4) is 5.75 Å². The molecule has 0 saturated carbocycles. The predicted octanol–water partition coefficient (Wildman–Crippen LogP) is 5.00. The largest absolute Gasteiger partial charge is 0.483 e. The van der Waals surface area contributed by atoms with E-state index in [1.165, 1.54) is 0 Å². The minimum atomic E-state index is -6.57. The van der Waals surface area contributed by atoms with Gasteiger partial charge in [-0.2, -0.15) is 49.0 Å². The fraction of sp³-hybridized carbons (Fsp3) is 0.417. The Morgan fingerprint density at radius 2 is 1.58 bits per heavy atom. The third kappa shape index (κ3) is 5.54. The van der Waals surface area contributed by atoms with Gasteiger partial charge in [0.2, 0.25) is 0 Å². The highest BCUT2D eigenvalue weighted by Crippen LogP contribution is 2.45. The van der Waals surface area contributed by atoms with Gasteiger partial charge < -0.3 is 4.74 Å². The van der Waals surface area contributed by atoms with E-state index in [9.17, 15) is 43.9 Å². The molecule has 0 unspecified atom stereocenters. The maximum atomic E-state index is 13.0. The molecular formula is C12H7ClF10N2O. The minimum absolute atomic E-state index is 0.127. The molecule has 0 aliphatic carbocycles. The topological polar surface area (TPSA) is 33.6 Å². The first-order chi connectivity index (χ1) is 11.6. The summed E-state index contributed by atoms with van der Waals surface area (Å²) in [5.74, 6) is -7.04. The zero-order chi connectivity index (χ0) is 20.4. The summed E-state index contributed by atoms with van der Waals surface area (Å²) in [6.45, 7) is -1.79. The second-order valence-corrected chi connectivity index (χ2v) is 5.04. The van der Waals surface area contributed by atoms with Crippen molar-refractivity contribution in [1.82, 2.24) is 5.43 Å². The summed E-state index contributed by atoms with van der Waals surface area (Å²) in [6.07, 6.45) is -11.1. The lowest BCUT2D eigenvalue weighted by molar-refractivity contribution is -0.361. The molecule has 0 fully saturated rings. The van der Waals surface area contributed by atoms with E-state index in [-0.39, 0.29) is 11.2 Å². The molecule has 14 heteroatoms. The SMILES string of the molecule is FC(F)(F)COc1ccc(Cl)cc1/C=N\NC(F)(F)C(F)(F)C(F)(F)F. The van der Waals surface area contributed by atoms with Crippen molar-refractivity contribution in [2.75, 3.05) is 6.61 Å². The Hall–Kier alpha value is -1.92. The van der Waals surface area contributed by atoms with Crippen LogP contribution >= 0.6 is 11.6 Å². The van der Waals surface area contributed by atoms with E-state index in [1.807, 2.05) is 0 Å². The van der Waals surface area contributed by atoms with Gasteiger partial charge in [-0.1, -0.05) is 11.6 Å². The average molecular weight is 421 g/mol. The van der Waals surface area contributed by atoms with Gasteiger partial charge in [0.25, 0.3) is 0 Å². The molecule has 0 saturated heterocycles. The zero-order valence-corrected chi connectivity index (χ0v) is 12.8. The van der Waals surface area contributed by atoms with Gasteiger partial charge in [0, 0.05) is 10.6 Å². The number of nitrogens with one attached hydrogen (secondary N) is 1. The monoisotopic (exact) mass is 420 g/mol. The van der Waals surface area contributed by atoms with Gasteiger partial charge in [0.05, 0.1) is 6.21 Å². The second-order valence-electron chi connectivity index (χ2n) is 4.60. The van der Waals surface area contributed by atoms with Gasteiger partial charge in [-0.3, -0.25) is 0 Å². The smallest absolute Gasteiger partial charge is 0.462 e. The first-order valence-electron chi connectivity index (χ1n) is 6.18. The van der Waals surface area contributed by atoms with Crippen molar-refractivity contribution in [2.24, 2.45) is 5.10 Å². The summed E-state index contributed by atoms with van der Waals surface area (Å²) >= 11 is 5.53. The molecule has 148 valence electrons. The van der Waals surface area contributed by atoms with Gasteiger partial charge in [0.1, 0.15) is 5.75 Å². The van der Waals surface area contributed by atoms with Gasteiger partial charge in [-0.15, -0.1) is 0 Å². The number of halogens is 11. The molecule has 0 bridgehead atoms.